The van der Waals surface area contributed by atoms with Gasteiger partial charge >= 0.3 is 0 Å². The molecule has 6 aromatic heterocycles. The van der Waals surface area contributed by atoms with Crippen molar-refractivity contribution in [1.82, 2.24) is 29.9 Å². The van der Waals surface area contributed by atoms with Gasteiger partial charge in [-0.1, -0.05) is 215 Å². The van der Waals surface area contributed by atoms with Crippen LogP contribution in [0.5, 0.6) is 0 Å². The van der Waals surface area contributed by atoms with Gasteiger partial charge in [0.05, 0.1) is 0 Å². The summed E-state index contributed by atoms with van der Waals surface area (Å²) in [5, 5.41) is 0. The molecule has 1 aliphatic rings. The maximum atomic E-state index is 4.52. The minimum Gasteiger partial charge on any atom is -0.305 e. The summed E-state index contributed by atoms with van der Waals surface area (Å²) in [6.45, 7) is 10.9. The summed E-state index contributed by atoms with van der Waals surface area (Å²) < 4.78 is 0. The molecule has 0 bridgehead atoms. The van der Waals surface area contributed by atoms with Crippen molar-refractivity contribution in [2.75, 3.05) is 0 Å². The zero-order valence-corrected chi connectivity index (χ0v) is 72.1. The van der Waals surface area contributed by atoms with E-state index in [-0.39, 0.29) is 80.4 Å². The van der Waals surface area contributed by atoms with Crippen molar-refractivity contribution in [3.8, 4) is 112 Å². The molecule has 111 heavy (non-hydrogen) atoms. The number of hydrogen-bond acceptors (Lipinski definition) is 6. The van der Waals surface area contributed by atoms with Crippen LogP contribution in [0.1, 0.15) is 74.6 Å². The quantitative estimate of drug-likeness (QED) is 0.101. The molecular formula is C101H84Ir4N6-6. The van der Waals surface area contributed by atoms with E-state index in [4.69, 9.17) is 0 Å². The van der Waals surface area contributed by atoms with E-state index in [1.165, 1.54) is 79.6 Å². The summed E-state index contributed by atoms with van der Waals surface area (Å²) >= 11 is 0. The van der Waals surface area contributed by atoms with Crippen LogP contribution in [0.25, 0.3) is 112 Å². The summed E-state index contributed by atoms with van der Waals surface area (Å²) in [5.74, 6) is 1.96. The fourth-order valence-corrected chi connectivity index (χ4v) is 11.9. The van der Waals surface area contributed by atoms with Gasteiger partial charge in [-0.15, -0.1) is 213 Å². The second-order valence-electron chi connectivity index (χ2n) is 26.7. The first-order chi connectivity index (χ1) is 52.6. The number of aromatic nitrogens is 6. The van der Waals surface area contributed by atoms with Crippen LogP contribution in [0.15, 0.2) is 365 Å². The number of benzene rings is 10. The van der Waals surface area contributed by atoms with E-state index in [2.05, 4.69) is 270 Å². The minimum atomic E-state index is 0. The van der Waals surface area contributed by atoms with E-state index in [1.54, 1.807) is 12.4 Å². The zero-order chi connectivity index (χ0) is 73.6. The van der Waals surface area contributed by atoms with Gasteiger partial charge in [0.1, 0.15) is 0 Å². The van der Waals surface area contributed by atoms with E-state index in [0.29, 0.717) is 11.8 Å². The van der Waals surface area contributed by atoms with Gasteiger partial charge in [-0.05, 0) is 142 Å². The molecule has 1 saturated carbocycles. The second kappa shape index (κ2) is 45.8. The molecule has 6 heterocycles. The summed E-state index contributed by atoms with van der Waals surface area (Å²) in [7, 11) is 0. The van der Waals surface area contributed by atoms with Crippen molar-refractivity contribution in [3.63, 3.8) is 0 Å². The Kier molecular flexibility index (Phi) is 35.6. The van der Waals surface area contributed by atoms with Gasteiger partial charge in [0.2, 0.25) is 0 Å². The summed E-state index contributed by atoms with van der Waals surface area (Å²) in [5.41, 5.74) is 27.1. The fourth-order valence-electron chi connectivity index (χ4n) is 11.9. The average molecular weight is 2150 g/mol. The van der Waals surface area contributed by atoms with Crippen LogP contribution < -0.4 is 0 Å². The van der Waals surface area contributed by atoms with E-state index in [1.807, 2.05) is 183 Å². The fraction of sp³-hybridized carbons (Fsp3) is 0.109. The van der Waals surface area contributed by atoms with Crippen molar-refractivity contribution in [2.45, 2.75) is 65.7 Å². The van der Waals surface area contributed by atoms with Crippen LogP contribution in [0, 0.1) is 49.2 Å². The topological polar surface area (TPSA) is 77.3 Å². The van der Waals surface area contributed by atoms with Crippen LogP contribution in [0.3, 0.4) is 0 Å². The van der Waals surface area contributed by atoms with Crippen LogP contribution in [-0.2, 0) is 86.8 Å². The maximum absolute atomic E-state index is 4.52. The monoisotopic (exact) mass is 2150 g/mol. The molecule has 0 amide bonds. The molecule has 0 N–H and O–H groups in total. The van der Waals surface area contributed by atoms with Gasteiger partial charge < -0.3 is 29.9 Å². The van der Waals surface area contributed by atoms with Gasteiger partial charge in [0.25, 0.3) is 0 Å². The molecule has 16 aromatic rings. The molecule has 560 valence electrons. The van der Waals surface area contributed by atoms with Crippen molar-refractivity contribution in [2.24, 2.45) is 5.92 Å². The smallest absolute Gasteiger partial charge is 0.0190 e. The summed E-state index contributed by atoms with van der Waals surface area (Å²) in [4.78, 5) is 26.3. The Morgan fingerprint density at radius 3 is 1.02 bits per heavy atom. The van der Waals surface area contributed by atoms with Crippen LogP contribution in [0.4, 0.5) is 0 Å². The van der Waals surface area contributed by atoms with Gasteiger partial charge in [0.15, 0.2) is 0 Å². The third-order valence-electron chi connectivity index (χ3n) is 17.7. The average Bonchev–Trinajstić information content (AvgIpc) is 1.82. The van der Waals surface area contributed by atoms with Crippen LogP contribution in [0.2, 0.25) is 0 Å². The first-order valence-electron chi connectivity index (χ1n) is 36.5. The Balaban J connectivity index is 0.000000168. The first kappa shape index (κ1) is 86.3. The Hall–Kier alpha value is -10.3. The molecule has 10 heteroatoms. The largest absolute Gasteiger partial charge is 0.305 e. The predicted octanol–water partition coefficient (Wildman–Crippen LogP) is 25.5. The SMILES string of the molecule is CC(C)Cc1ccnc(-c2[c-]ccc(-c3ccccc3)c2)c1.CC(C)c1ccc(-c2cc[c-]c(-c3ccccn3)c2)cc1.Cc1ccc(-c2[c-]ccc(-c3ccccc3)c2)nc1.[Ir].[Ir].[Ir].[Ir].[c-]1ccc(-c2ccccc2)cc1-c1cc(C2CC2)ccn1.[c-]1ccccc1-c1ccccn1.[c-]1ccccc1-c1ccccn1. The third-order valence-corrected chi connectivity index (χ3v) is 17.7. The Morgan fingerprint density at radius 1 is 0.288 bits per heavy atom. The van der Waals surface area contributed by atoms with E-state index >= 15 is 0 Å². The van der Waals surface area contributed by atoms with Crippen molar-refractivity contribution in [1.29, 1.82) is 0 Å². The van der Waals surface area contributed by atoms with Crippen molar-refractivity contribution >= 4 is 0 Å². The number of aryl methyl sites for hydroxylation is 1. The molecule has 1 fully saturated rings. The van der Waals surface area contributed by atoms with Crippen LogP contribution >= 0.6 is 0 Å². The molecule has 0 spiro atoms. The Bertz CT molecular complexity index is 5150. The molecule has 10 aromatic carbocycles. The van der Waals surface area contributed by atoms with Gasteiger partial charge in [-0.2, -0.15) is 0 Å². The summed E-state index contributed by atoms with van der Waals surface area (Å²) in [6, 6.07) is 130. The van der Waals surface area contributed by atoms with Crippen molar-refractivity contribution in [3.05, 3.63) is 423 Å². The number of pyridine rings is 6. The number of nitrogens with zero attached hydrogens (tertiary/aromatic N) is 6. The van der Waals surface area contributed by atoms with Gasteiger partial charge in [0, 0.05) is 118 Å². The molecule has 1 aliphatic carbocycles. The van der Waals surface area contributed by atoms with Crippen LogP contribution in [-0.4, -0.2) is 29.9 Å². The standard InChI is InChI=1S/C21H20N.C20H16N.C20H18N.C18H14N.2C11H8N.4Ir/c1-16(2)13-17-11-12-22-21(14-17)20-10-6-9-19(15-20)18-7-4-3-5-8-18;1-2-5-15(6-3-1)17-7-4-8-19(13-17)20-14-18(11-12-21-20)16-9-10-16;1-15(2)16-9-11-17(12-10-16)18-6-5-7-19(14-18)20-8-3-4-13-21-20;1-14-10-11-18(19-13-14)17-9-5-8-16(12-17)15-6-3-2-4-7-15;2*1-2-6-10(7-3-1)11-8-4-5-9-12-11;;;;/h3-9,11-12,14-16H,13H2,1-2H3;1-7,11-14,16H,9-10H2;3-6,8-15H,1-2H3;2-8,10-13H,1H3;2*1-6,8-9H;;;;/q6*-1;;;;. The zero-order valence-electron chi connectivity index (χ0n) is 62.5. The van der Waals surface area contributed by atoms with Gasteiger partial charge in [-0.25, -0.2) is 0 Å². The molecule has 4 radical (unpaired) electrons. The van der Waals surface area contributed by atoms with Crippen molar-refractivity contribution < 1.29 is 80.4 Å². The first-order valence-corrected chi connectivity index (χ1v) is 36.5. The van der Waals surface area contributed by atoms with Gasteiger partial charge in [-0.3, -0.25) is 0 Å². The summed E-state index contributed by atoms with van der Waals surface area (Å²) in [6.07, 6.45) is 14.8. The molecule has 0 aliphatic heterocycles. The Morgan fingerprint density at radius 2 is 0.649 bits per heavy atom. The molecule has 0 saturated heterocycles. The number of rotatable bonds is 14. The normalized spacial score (nSPS) is 10.7. The minimum absolute atomic E-state index is 0. The predicted molar refractivity (Wildman–Crippen MR) is 442 cm³/mol. The Labute approximate surface area is 711 Å². The molecular weight excluding hydrogens is 2070 g/mol. The molecule has 0 atom stereocenters. The maximum Gasteiger partial charge on any atom is 0.0190 e. The third kappa shape index (κ3) is 26.7. The molecule has 0 unspecified atom stereocenters. The van der Waals surface area contributed by atoms with E-state index in [0.717, 1.165) is 79.9 Å². The molecule has 17 rings (SSSR count). The second-order valence-corrected chi connectivity index (χ2v) is 26.7. The van der Waals surface area contributed by atoms with E-state index in [9.17, 15) is 0 Å². The van der Waals surface area contributed by atoms with E-state index < -0.39 is 0 Å². The molecule has 6 nitrogen and oxygen atoms in total. The number of hydrogen-bond donors (Lipinski definition) is 0.